The third kappa shape index (κ3) is 5.60. The van der Waals surface area contributed by atoms with Crippen LogP contribution in [0.25, 0.3) is 0 Å². The molecule has 0 fully saturated rings. The summed E-state index contributed by atoms with van der Waals surface area (Å²) >= 11 is 0. The van der Waals surface area contributed by atoms with E-state index >= 15 is 0 Å². The van der Waals surface area contributed by atoms with Gasteiger partial charge in [-0.25, -0.2) is 8.42 Å². The van der Waals surface area contributed by atoms with Gasteiger partial charge in [-0.1, -0.05) is 57.7 Å². The van der Waals surface area contributed by atoms with Crippen molar-refractivity contribution >= 4 is 16.0 Å². The summed E-state index contributed by atoms with van der Waals surface area (Å²) in [7, 11) is -3.84. The summed E-state index contributed by atoms with van der Waals surface area (Å²) in [5.74, 6) is -1.04. The molecule has 0 aromatic heterocycles. The van der Waals surface area contributed by atoms with Crippen LogP contribution >= 0.6 is 0 Å². The van der Waals surface area contributed by atoms with Crippen molar-refractivity contribution < 1.29 is 18.3 Å². The Bertz CT molecular complexity index is 623. The summed E-state index contributed by atoms with van der Waals surface area (Å²) in [6, 6.07) is 5.53. The first-order valence-electron chi connectivity index (χ1n) is 8.51. The number of carboxylic acids is 1. The van der Waals surface area contributed by atoms with E-state index in [-0.39, 0.29) is 17.4 Å². The van der Waals surface area contributed by atoms with Crippen LogP contribution in [0, 0.1) is 12.8 Å². The molecule has 1 atom stereocenters. The predicted octanol–water partition coefficient (Wildman–Crippen LogP) is 3.68. The van der Waals surface area contributed by atoms with Crippen molar-refractivity contribution in [3.63, 3.8) is 0 Å². The molecule has 0 aliphatic heterocycles. The van der Waals surface area contributed by atoms with Crippen molar-refractivity contribution in [1.29, 1.82) is 0 Å². The van der Waals surface area contributed by atoms with Crippen molar-refractivity contribution in [2.24, 2.45) is 5.92 Å². The highest BCUT2D eigenvalue weighted by Crippen LogP contribution is 2.23. The number of benzene rings is 1. The van der Waals surface area contributed by atoms with Crippen molar-refractivity contribution in [3.05, 3.63) is 29.8 Å². The second-order valence-corrected chi connectivity index (χ2v) is 8.52. The van der Waals surface area contributed by atoms with Gasteiger partial charge in [-0.3, -0.25) is 4.79 Å². The molecule has 0 aliphatic rings. The molecule has 0 heterocycles. The summed E-state index contributed by atoms with van der Waals surface area (Å²) < 4.78 is 27.2. The van der Waals surface area contributed by atoms with E-state index in [1.54, 1.807) is 24.3 Å². The predicted molar refractivity (Wildman–Crippen MR) is 95.5 cm³/mol. The number of aliphatic carboxylic acids is 1. The highest BCUT2D eigenvalue weighted by atomic mass is 32.2. The minimum Gasteiger partial charge on any atom is -0.480 e. The zero-order valence-electron chi connectivity index (χ0n) is 15.0. The summed E-state index contributed by atoms with van der Waals surface area (Å²) in [6.07, 6.45) is 2.89. The molecular formula is C18H29NO4S. The van der Waals surface area contributed by atoms with Gasteiger partial charge in [-0.2, -0.15) is 4.31 Å². The second kappa shape index (κ2) is 9.18. The van der Waals surface area contributed by atoms with Crippen molar-refractivity contribution in [3.8, 4) is 0 Å². The van der Waals surface area contributed by atoms with Gasteiger partial charge in [0.15, 0.2) is 0 Å². The minimum atomic E-state index is -3.84. The molecule has 1 N–H and O–H groups in total. The molecule has 1 unspecified atom stereocenters. The number of hydrogen-bond donors (Lipinski definition) is 1. The molecular weight excluding hydrogens is 326 g/mol. The molecule has 136 valence electrons. The number of aryl methyl sites for hydroxylation is 1. The van der Waals surface area contributed by atoms with Crippen LogP contribution in [0.4, 0.5) is 0 Å². The Morgan fingerprint density at radius 3 is 2.21 bits per heavy atom. The van der Waals surface area contributed by atoms with E-state index in [0.29, 0.717) is 12.8 Å². The summed E-state index contributed by atoms with van der Waals surface area (Å²) in [6.45, 7) is 7.89. The number of carbonyl (C=O) groups is 1. The molecule has 1 rings (SSSR count). The SMILES string of the molecule is CCCCCC(C(=O)O)N(CC(C)C)S(=O)(=O)c1ccc(C)cc1. The van der Waals surface area contributed by atoms with Crippen LogP contribution in [0.15, 0.2) is 29.2 Å². The van der Waals surface area contributed by atoms with Gasteiger partial charge in [-0.15, -0.1) is 0 Å². The fourth-order valence-corrected chi connectivity index (χ4v) is 4.35. The summed E-state index contributed by atoms with van der Waals surface area (Å²) in [5.41, 5.74) is 0.960. The molecule has 0 radical (unpaired) electrons. The Morgan fingerprint density at radius 1 is 1.17 bits per heavy atom. The molecule has 5 nitrogen and oxygen atoms in total. The third-order valence-electron chi connectivity index (χ3n) is 3.89. The Balaban J connectivity index is 3.21. The lowest BCUT2D eigenvalue weighted by Crippen LogP contribution is -2.46. The maximum atomic E-state index is 13.0. The quantitative estimate of drug-likeness (QED) is 0.650. The molecule has 0 spiro atoms. The highest BCUT2D eigenvalue weighted by molar-refractivity contribution is 7.89. The number of unbranched alkanes of at least 4 members (excludes halogenated alkanes) is 2. The first kappa shape index (κ1) is 20.6. The fourth-order valence-electron chi connectivity index (χ4n) is 2.58. The smallest absolute Gasteiger partial charge is 0.322 e. The molecule has 0 bridgehead atoms. The van der Waals surface area contributed by atoms with E-state index < -0.39 is 22.0 Å². The molecule has 0 saturated carbocycles. The summed E-state index contributed by atoms with van der Waals surface area (Å²) in [5, 5.41) is 9.60. The molecule has 24 heavy (non-hydrogen) atoms. The number of carboxylic acid groups (broad SMARTS) is 1. The Morgan fingerprint density at radius 2 is 1.75 bits per heavy atom. The van der Waals surface area contributed by atoms with E-state index in [9.17, 15) is 18.3 Å². The number of nitrogens with zero attached hydrogens (tertiary/aromatic N) is 1. The van der Waals surface area contributed by atoms with Crippen LogP contribution in [0.1, 0.15) is 52.0 Å². The second-order valence-electron chi connectivity index (χ2n) is 6.63. The maximum absolute atomic E-state index is 13.0. The van der Waals surface area contributed by atoms with Gasteiger partial charge in [0, 0.05) is 6.54 Å². The van der Waals surface area contributed by atoms with Gasteiger partial charge in [0.05, 0.1) is 4.90 Å². The van der Waals surface area contributed by atoms with Gasteiger partial charge >= 0.3 is 5.97 Å². The summed E-state index contributed by atoms with van der Waals surface area (Å²) in [4.78, 5) is 11.9. The zero-order valence-corrected chi connectivity index (χ0v) is 15.8. The number of rotatable bonds is 10. The lowest BCUT2D eigenvalue weighted by atomic mass is 10.1. The topological polar surface area (TPSA) is 74.7 Å². The van der Waals surface area contributed by atoms with Gasteiger partial charge < -0.3 is 5.11 Å². The number of hydrogen-bond acceptors (Lipinski definition) is 3. The van der Waals surface area contributed by atoms with Gasteiger partial charge in [0.1, 0.15) is 6.04 Å². The Kier molecular flexibility index (Phi) is 7.90. The van der Waals surface area contributed by atoms with E-state index in [2.05, 4.69) is 0 Å². The third-order valence-corrected chi connectivity index (χ3v) is 5.78. The monoisotopic (exact) mass is 355 g/mol. The normalized spacial score (nSPS) is 13.4. The lowest BCUT2D eigenvalue weighted by molar-refractivity contribution is -0.141. The van der Waals surface area contributed by atoms with E-state index in [1.807, 2.05) is 27.7 Å². The van der Waals surface area contributed by atoms with E-state index in [1.165, 1.54) is 4.31 Å². The average molecular weight is 356 g/mol. The molecule has 1 aromatic carbocycles. The standard InChI is InChI=1S/C18H29NO4S/c1-5-6-7-8-17(18(20)21)19(13-14(2)3)24(22,23)16-11-9-15(4)10-12-16/h9-12,14,17H,5-8,13H2,1-4H3,(H,20,21). The van der Waals surface area contributed by atoms with Crippen LogP contribution in [-0.2, 0) is 14.8 Å². The Labute approximate surface area is 145 Å². The van der Waals surface area contributed by atoms with Crippen molar-refractivity contribution in [1.82, 2.24) is 4.31 Å². The molecule has 0 aliphatic carbocycles. The van der Waals surface area contributed by atoms with Gasteiger partial charge in [0.2, 0.25) is 10.0 Å². The lowest BCUT2D eigenvalue weighted by Gasteiger charge is -2.29. The zero-order chi connectivity index (χ0) is 18.3. The Hall–Kier alpha value is -1.40. The maximum Gasteiger partial charge on any atom is 0.322 e. The molecule has 0 saturated heterocycles. The molecule has 6 heteroatoms. The first-order chi connectivity index (χ1) is 11.2. The molecule has 1 aromatic rings. The van der Waals surface area contributed by atoms with Crippen molar-refractivity contribution in [2.45, 2.75) is 64.3 Å². The van der Waals surface area contributed by atoms with Gasteiger partial charge in [0.25, 0.3) is 0 Å². The van der Waals surface area contributed by atoms with E-state index in [0.717, 1.165) is 18.4 Å². The van der Waals surface area contributed by atoms with Crippen LogP contribution in [0.5, 0.6) is 0 Å². The largest absolute Gasteiger partial charge is 0.480 e. The average Bonchev–Trinajstić information content (AvgIpc) is 2.49. The van der Waals surface area contributed by atoms with Crippen LogP contribution < -0.4 is 0 Å². The van der Waals surface area contributed by atoms with Crippen molar-refractivity contribution in [2.75, 3.05) is 6.54 Å². The van der Waals surface area contributed by atoms with Crippen LogP contribution in [-0.4, -0.2) is 36.4 Å². The molecule has 0 amide bonds. The fraction of sp³-hybridized carbons (Fsp3) is 0.611. The van der Waals surface area contributed by atoms with Crippen LogP contribution in [0.2, 0.25) is 0 Å². The first-order valence-corrected chi connectivity index (χ1v) is 9.95. The highest BCUT2D eigenvalue weighted by Gasteiger charge is 2.35. The minimum absolute atomic E-state index is 0.0400. The van der Waals surface area contributed by atoms with E-state index in [4.69, 9.17) is 0 Å². The van der Waals surface area contributed by atoms with Crippen LogP contribution in [0.3, 0.4) is 0 Å². The number of sulfonamides is 1. The van der Waals surface area contributed by atoms with Gasteiger partial charge in [-0.05, 0) is 31.4 Å².